The number of anilines is 1. The zero-order valence-electron chi connectivity index (χ0n) is 10.7. The predicted octanol–water partition coefficient (Wildman–Crippen LogP) is 1.46. The first-order valence-corrected chi connectivity index (χ1v) is 6.64. The fraction of sp³-hybridized carbons (Fsp3) is 0.545. The summed E-state index contributed by atoms with van der Waals surface area (Å²) in [6.45, 7) is 1.41. The smallest absolute Gasteiger partial charge is 0.348 e. The van der Waals surface area contributed by atoms with E-state index in [0.717, 1.165) is 38.7 Å². The number of piperidine rings is 1. The Morgan fingerprint density at radius 2 is 2.10 bits per heavy atom. The lowest BCUT2D eigenvalue weighted by Gasteiger charge is -2.26. The van der Waals surface area contributed by atoms with Gasteiger partial charge in [0.05, 0.1) is 11.5 Å². The summed E-state index contributed by atoms with van der Waals surface area (Å²) >= 11 is 5.66. The van der Waals surface area contributed by atoms with Crippen molar-refractivity contribution in [3.8, 4) is 0 Å². The number of aromatic nitrogens is 2. The predicted molar refractivity (Wildman–Crippen MR) is 72.6 cm³/mol. The second-order valence-corrected chi connectivity index (χ2v) is 4.77. The minimum atomic E-state index is -0.671. The van der Waals surface area contributed by atoms with E-state index < -0.39 is 10.6 Å². The highest BCUT2D eigenvalue weighted by Crippen LogP contribution is 2.28. The van der Waals surface area contributed by atoms with Crippen molar-refractivity contribution in [3.63, 3.8) is 0 Å². The van der Waals surface area contributed by atoms with E-state index in [2.05, 4.69) is 15.3 Å². The molecule has 0 spiro atoms. The average molecular weight is 300 g/mol. The van der Waals surface area contributed by atoms with Crippen molar-refractivity contribution < 1.29 is 9.72 Å². The molecule has 2 rings (SSSR count). The highest BCUT2D eigenvalue weighted by atomic mass is 35.5. The zero-order valence-corrected chi connectivity index (χ0v) is 11.5. The summed E-state index contributed by atoms with van der Waals surface area (Å²) in [6.07, 6.45) is 4.23. The summed E-state index contributed by atoms with van der Waals surface area (Å²) in [5, 5.41) is 13.3. The van der Waals surface area contributed by atoms with Gasteiger partial charge in [-0.25, -0.2) is 9.97 Å². The molecule has 1 aliphatic rings. The number of carbonyl (C=O) groups excluding carboxylic acids is 1. The van der Waals surface area contributed by atoms with Gasteiger partial charge in [-0.3, -0.25) is 14.9 Å². The van der Waals surface area contributed by atoms with Crippen LogP contribution in [0.15, 0.2) is 6.33 Å². The number of hydrogen-bond donors (Lipinski definition) is 1. The first kappa shape index (κ1) is 14.4. The van der Waals surface area contributed by atoms with E-state index >= 15 is 0 Å². The molecule has 0 bridgehead atoms. The van der Waals surface area contributed by atoms with Gasteiger partial charge in [0.15, 0.2) is 0 Å². The first-order valence-electron chi connectivity index (χ1n) is 6.26. The van der Waals surface area contributed by atoms with Crippen LogP contribution in [0.25, 0.3) is 0 Å². The van der Waals surface area contributed by atoms with E-state index in [1.54, 1.807) is 4.90 Å². The van der Waals surface area contributed by atoms with Gasteiger partial charge in [-0.2, -0.15) is 0 Å². The van der Waals surface area contributed by atoms with Gasteiger partial charge < -0.3 is 10.2 Å². The van der Waals surface area contributed by atoms with Crippen molar-refractivity contribution in [1.82, 2.24) is 14.9 Å². The molecule has 0 aromatic carbocycles. The summed E-state index contributed by atoms with van der Waals surface area (Å²) in [4.78, 5) is 31.2. The van der Waals surface area contributed by atoms with E-state index in [-0.39, 0.29) is 23.4 Å². The lowest BCUT2D eigenvalue weighted by atomic mass is 10.1. The maximum Gasteiger partial charge on any atom is 0.348 e. The van der Waals surface area contributed by atoms with Crippen LogP contribution in [0.3, 0.4) is 0 Å². The van der Waals surface area contributed by atoms with Gasteiger partial charge in [0, 0.05) is 13.1 Å². The molecule has 1 aliphatic heterocycles. The SMILES string of the molecule is O=C(CNc1ncnc(Cl)c1[N+](=O)[O-])N1CCCCC1. The standard InChI is InChI=1S/C11H14ClN5O3/c12-10-9(17(19)20)11(15-7-14-10)13-6-8(18)16-4-2-1-3-5-16/h7H,1-6H2,(H,13,14,15). The van der Waals surface area contributed by atoms with Crippen LogP contribution in [0.5, 0.6) is 0 Å². The molecule has 1 amide bonds. The van der Waals surface area contributed by atoms with Crippen LogP contribution in [0.1, 0.15) is 19.3 Å². The number of hydrogen-bond acceptors (Lipinski definition) is 6. The summed E-state index contributed by atoms with van der Waals surface area (Å²) in [7, 11) is 0. The Morgan fingerprint density at radius 3 is 2.75 bits per heavy atom. The molecule has 0 radical (unpaired) electrons. The Balaban J connectivity index is 2.02. The summed E-state index contributed by atoms with van der Waals surface area (Å²) in [5.41, 5.74) is -0.416. The number of rotatable bonds is 4. The minimum absolute atomic E-state index is 0.0413. The molecule has 0 unspecified atom stereocenters. The Morgan fingerprint density at radius 1 is 1.40 bits per heavy atom. The fourth-order valence-electron chi connectivity index (χ4n) is 2.06. The lowest BCUT2D eigenvalue weighted by molar-refractivity contribution is -0.384. The van der Waals surface area contributed by atoms with E-state index in [0.29, 0.717) is 0 Å². The van der Waals surface area contributed by atoms with Crippen molar-refractivity contribution in [2.75, 3.05) is 25.0 Å². The third kappa shape index (κ3) is 3.32. The zero-order chi connectivity index (χ0) is 14.5. The Labute approximate surface area is 120 Å². The fourth-order valence-corrected chi connectivity index (χ4v) is 2.27. The molecule has 9 heteroatoms. The number of halogens is 1. The summed E-state index contributed by atoms with van der Waals surface area (Å²) in [6, 6.07) is 0. The Hall–Kier alpha value is -1.96. The van der Waals surface area contributed by atoms with Crippen molar-refractivity contribution in [2.24, 2.45) is 0 Å². The van der Waals surface area contributed by atoms with Crippen molar-refractivity contribution in [1.29, 1.82) is 0 Å². The number of amides is 1. The number of nitrogens with one attached hydrogen (secondary N) is 1. The van der Waals surface area contributed by atoms with E-state index in [1.807, 2.05) is 0 Å². The van der Waals surface area contributed by atoms with E-state index in [1.165, 1.54) is 0 Å². The molecule has 1 N–H and O–H groups in total. The Kier molecular flexibility index (Phi) is 4.67. The lowest BCUT2D eigenvalue weighted by Crippen LogP contribution is -2.39. The molecule has 108 valence electrons. The van der Waals surface area contributed by atoms with E-state index in [4.69, 9.17) is 11.6 Å². The molecule has 0 saturated carbocycles. The summed E-state index contributed by atoms with van der Waals surface area (Å²) in [5.74, 6) is -0.144. The molecule has 1 aromatic heterocycles. The number of nitrogens with zero attached hydrogens (tertiary/aromatic N) is 4. The second-order valence-electron chi connectivity index (χ2n) is 4.41. The van der Waals surface area contributed by atoms with Crippen LogP contribution in [-0.2, 0) is 4.79 Å². The maximum atomic E-state index is 12.0. The third-order valence-electron chi connectivity index (χ3n) is 3.08. The molecule has 0 aliphatic carbocycles. The monoisotopic (exact) mass is 299 g/mol. The molecular formula is C11H14ClN5O3. The van der Waals surface area contributed by atoms with Crippen molar-refractivity contribution in [3.05, 3.63) is 21.6 Å². The number of likely N-dealkylation sites (tertiary alicyclic amines) is 1. The van der Waals surface area contributed by atoms with E-state index in [9.17, 15) is 14.9 Å². The van der Waals surface area contributed by atoms with Gasteiger partial charge in [-0.05, 0) is 19.3 Å². The minimum Gasteiger partial charge on any atom is -0.355 e. The molecule has 1 fully saturated rings. The Bertz CT molecular complexity index is 519. The van der Waals surface area contributed by atoms with Crippen LogP contribution in [-0.4, -0.2) is 45.3 Å². The molecule has 8 nitrogen and oxygen atoms in total. The molecular weight excluding hydrogens is 286 g/mol. The quantitative estimate of drug-likeness (QED) is 0.513. The average Bonchev–Trinajstić information content (AvgIpc) is 2.45. The van der Waals surface area contributed by atoms with Crippen molar-refractivity contribution >= 4 is 29.0 Å². The normalized spacial score (nSPS) is 14.9. The summed E-state index contributed by atoms with van der Waals surface area (Å²) < 4.78 is 0. The van der Waals surface area contributed by atoms with Crippen LogP contribution >= 0.6 is 11.6 Å². The van der Waals surface area contributed by atoms with Gasteiger partial charge in [-0.1, -0.05) is 11.6 Å². The number of nitro groups is 1. The van der Waals surface area contributed by atoms with Gasteiger partial charge in [0.2, 0.25) is 16.9 Å². The maximum absolute atomic E-state index is 12.0. The highest BCUT2D eigenvalue weighted by Gasteiger charge is 2.23. The van der Waals surface area contributed by atoms with Gasteiger partial charge in [-0.15, -0.1) is 0 Å². The van der Waals surface area contributed by atoms with Crippen LogP contribution < -0.4 is 5.32 Å². The van der Waals surface area contributed by atoms with Gasteiger partial charge in [0.1, 0.15) is 6.33 Å². The second kappa shape index (κ2) is 6.47. The van der Waals surface area contributed by atoms with Crippen LogP contribution in [0, 0.1) is 10.1 Å². The van der Waals surface area contributed by atoms with Crippen molar-refractivity contribution in [2.45, 2.75) is 19.3 Å². The van der Waals surface area contributed by atoms with Gasteiger partial charge in [0.25, 0.3) is 0 Å². The molecule has 1 aromatic rings. The van der Waals surface area contributed by atoms with Crippen LogP contribution in [0.2, 0.25) is 5.15 Å². The third-order valence-corrected chi connectivity index (χ3v) is 3.35. The van der Waals surface area contributed by atoms with Gasteiger partial charge >= 0.3 is 5.69 Å². The molecule has 0 atom stereocenters. The molecule has 1 saturated heterocycles. The molecule has 20 heavy (non-hydrogen) atoms. The topological polar surface area (TPSA) is 101 Å². The number of carbonyl (C=O) groups is 1. The largest absolute Gasteiger partial charge is 0.355 e. The highest BCUT2D eigenvalue weighted by molar-refractivity contribution is 6.31. The first-order chi connectivity index (χ1) is 9.59. The molecule has 2 heterocycles. The van der Waals surface area contributed by atoms with Crippen LogP contribution in [0.4, 0.5) is 11.5 Å².